The van der Waals surface area contributed by atoms with Gasteiger partial charge >= 0.3 is 6.03 Å². The number of carbonyl (C=O) groups is 3. The fourth-order valence-corrected chi connectivity index (χ4v) is 3.07. The minimum absolute atomic E-state index is 0.136. The Bertz CT molecular complexity index is 451. The highest BCUT2D eigenvalue weighted by molar-refractivity contribution is 6.07. The highest BCUT2D eigenvalue weighted by atomic mass is 16.2. The molecule has 6 nitrogen and oxygen atoms in total. The summed E-state index contributed by atoms with van der Waals surface area (Å²) < 4.78 is 0. The summed E-state index contributed by atoms with van der Waals surface area (Å²) in [6.45, 7) is 8.76. The van der Waals surface area contributed by atoms with E-state index in [0.29, 0.717) is 38.3 Å². The molecule has 0 aliphatic carbocycles. The van der Waals surface area contributed by atoms with Crippen LogP contribution in [0.1, 0.15) is 47.0 Å². The molecule has 0 radical (unpaired) electrons. The van der Waals surface area contributed by atoms with Gasteiger partial charge in [-0.2, -0.15) is 0 Å². The predicted octanol–water partition coefficient (Wildman–Crippen LogP) is 1.35. The van der Waals surface area contributed by atoms with Gasteiger partial charge < -0.3 is 10.2 Å². The summed E-state index contributed by atoms with van der Waals surface area (Å²) in [5, 5.41) is 2.85. The lowest BCUT2D eigenvalue weighted by Gasteiger charge is -2.37. The summed E-state index contributed by atoms with van der Waals surface area (Å²) in [7, 11) is 0. The van der Waals surface area contributed by atoms with Crippen LogP contribution in [0, 0.1) is 5.92 Å². The van der Waals surface area contributed by atoms with Crippen molar-refractivity contribution in [2.75, 3.05) is 13.1 Å². The number of hydrogen-bond donors (Lipinski definition) is 1. The van der Waals surface area contributed by atoms with Crippen molar-refractivity contribution in [1.82, 2.24) is 15.1 Å². The smallest absolute Gasteiger partial charge is 0.325 e. The fourth-order valence-electron chi connectivity index (χ4n) is 3.07. The maximum Gasteiger partial charge on any atom is 0.325 e. The van der Waals surface area contributed by atoms with E-state index in [4.69, 9.17) is 0 Å². The van der Waals surface area contributed by atoms with Crippen LogP contribution in [0.2, 0.25) is 0 Å². The first-order chi connectivity index (χ1) is 9.77. The van der Waals surface area contributed by atoms with E-state index < -0.39 is 5.54 Å². The second-order valence-electron chi connectivity index (χ2n) is 6.76. The SMILES string of the molecule is CC(C)CC(=O)N1CCC2(CC1)NC(=O)N(C(C)C)C2=O. The van der Waals surface area contributed by atoms with Gasteiger partial charge in [0.2, 0.25) is 5.91 Å². The fraction of sp³-hybridized carbons (Fsp3) is 0.800. The van der Waals surface area contributed by atoms with Gasteiger partial charge in [-0.25, -0.2) is 4.79 Å². The van der Waals surface area contributed by atoms with E-state index in [1.165, 1.54) is 4.90 Å². The molecule has 0 atom stereocenters. The first-order valence-electron chi connectivity index (χ1n) is 7.70. The third-order valence-corrected chi connectivity index (χ3v) is 4.26. The van der Waals surface area contributed by atoms with Gasteiger partial charge in [0.05, 0.1) is 0 Å². The van der Waals surface area contributed by atoms with E-state index in [2.05, 4.69) is 5.32 Å². The van der Waals surface area contributed by atoms with Gasteiger partial charge in [-0.05, 0) is 32.6 Å². The molecule has 2 saturated heterocycles. The van der Waals surface area contributed by atoms with Crippen molar-refractivity contribution in [3.05, 3.63) is 0 Å². The number of rotatable bonds is 3. The quantitative estimate of drug-likeness (QED) is 0.799. The monoisotopic (exact) mass is 295 g/mol. The molecule has 6 heteroatoms. The number of nitrogens with zero attached hydrogens (tertiary/aromatic N) is 2. The van der Waals surface area contributed by atoms with E-state index in [0.717, 1.165) is 0 Å². The molecule has 21 heavy (non-hydrogen) atoms. The van der Waals surface area contributed by atoms with Crippen molar-refractivity contribution < 1.29 is 14.4 Å². The average Bonchev–Trinajstić information content (AvgIpc) is 2.60. The number of imide groups is 1. The molecule has 0 aromatic heterocycles. The molecule has 2 fully saturated rings. The van der Waals surface area contributed by atoms with Crippen LogP contribution in [0.5, 0.6) is 0 Å². The Morgan fingerprint density at radius 3 is 2.19 bits per heavy atom. The second kappa shape index (κ2) is 5.66. The summed E-state index contributed by atoms with van der Waals surface area (Å²) in [6, 6.07) is -0.450. The lowest BCUT2D eigenvalue weighted by Crippen LogP contribution is -2.56. The van der Waals surface area contributed by atoms with Gasteiger partial charge in [-0.3, -0.25) is 14.5 Å². The van der Waals surface area contributed by atoms with Crippen LogP contribution in [-0.2, 0) is 9.59 Å². The maximum absolute atomic E-state index is 12.5. The maximum atomic E-state index is 12.5. The predicted molar refractivity (Wildman–Crippen MR) is 78.5 cm³/mol. The van der Waals surface area contributed by atoms with Crippen molar-refractivity contribution in [2.45, 2.75) is 58.5 Å². The Balaban J connectivity index is 2.02. The summed E-state index contributed by atoms with van der Waals surface area (Å²) in [4.78, 5) is 39.7. The molecule has 0 bridgehead atoms. The first kappa shape index (κ1) is 15.8. The number of nitrogens with one attached hydrogen (secondary N) is 1. The number of carbonyl (C=O) groups excluding carboxylic acids is 3. The highest BCUT2D eigenvalue weighted by Gasteiger charge is 2.53. The van der Waals surface area contributed by atoms with Gasteiger partial charge in [-0.15, -0.1) is 0 Å². The van der Waals surface area contributed by atoms with Gasteiger partial charge in [0.1, 0.15) is 5.54 Å². The van der Waals surface area contributed by atoms with E-state index in [1.54, 1.807) is 0 Å². The molecule has 1 spiro atoms. The van der Waals surface area contributed by atoms with Crippen LogP contribution in [0.15, 0.2) is 0 Å². The van der Waals surface area contributed by atoms with Crippen LogP contribution in [0.4, 0.5) is 4.79 Å². The number of hydrogen-bond acceptors (Lipinski definition) is 3. The summed E-state index contributed by atoms with van der Waals surface area (Å²) >= 11 is 0. The normalized spacial score (nSPS) is 21.6. The average molecular weight is 295 g/mol. The lowest BCUT2D eigenvalue weighted by molar-refractivity contribution is -0.139. The van der Waals surface area contributed by atoms with Crippen LogP contribution in [-0.4, -0.2) is 52.3 Å². The van der Waals surface area contributed by atoms with Crippen LogP contribution < -0.4 is 5.32 Å². The molecule has 2 heterocycles. The molecule has 0 unspecified atom stereocenters. The van der Waals surface area contributed by atoms with Gasteiger partial charge in [-0.1, -0.05) is 13.8 Å². The van der Waals surface area contributed by atoms with E-state index in [-0.39, 0.29) is 23.9 Å². The van der Waals surface area contributed by atoms with Crippen LogP contribution in [0.3, 0.4) is 0 Å². The number of piperidine rings is 1. The third kappa shape index (κ3) is 2.89. The Labute approximate surface area is 125 Å². The minimum Gasteiger partial charge on any atom is -0.342 e. The molecular weight excluding hydrogens is 270 g/mol. The molecule has 2 rings (SSSR count). The second-order valence-corrected chi connectivity index (χ2v) is 6.76. The van der Waals surface area contributed by atoms with Gasteiger partial charge in [0.25, 0.3) is 5.91 Å². The van der Waals surface area contributed by atoms with E-state index >= 15 is 0 Å². The molecule has 2 aliphatic heterocycles. The highest BCUT2D eigenvalue weighted by Crippen LogP contribution is 2.30. The Hall–Kier alpha value is -1.59. The number of amides is 4. The Morgan fingerprint density at radius 2 is 1.76 bits per heavy atom. The van der Waals surface area contributed by atoms with E-state index in [1.807, 2.05) is 32.6 Å². The van der Waals surface area contributed by atoms with Crippen molar-refractivity contribution >= 4 is 17.8 Å². The van der Waals surface area contributed by atoms with Gasteiger partial charge in [0.15, 0.2) is 0 Å². The summed E-state index contributed by atoms with van der Waals surface area (Å²) in [5.74, 6) is 0.327. The number of urea groups is 1. The zero-order valence-corrected chi connectivity index (χ0v) is 13.3. The summed E-state index contributed by atoms with van der Waals surface area (Å²) in [5.41, 5.74) is -0.796. The van der Waals surface area contributed by atoms with Crippen LogP contribution >= 0.6 is 0 Å². The molecule has 0 aromatic rings. The minimum atomic E-state index is -0.796. The van der Waals surface area contributed by atoms with Crippen molar-refractivity contribution in [1.29, 1.82) is 0 Å². The zero-order valence-electron chi connectivity index (χ0n) is 13.3. The lowest BCUT2D eigenvalue weighted by atomic mass is 9.87. The third-order valence-electron chi connectivity index (χ3n) is 4.26. The Morgan fingerprint density at radius 1 is 1.19 bits per heavy atom. The van der Waals surface area contributed by atoms with Crippen LogP contribution in [0.25, 0.3) is 0 Å². The zero-order chi connectivity index (χ0) is 15.8. The molecular formula is C15H25N3O3. The summed E-state index contributed by atoms with van der Waals surface area (Å²) in [6.07, 6.45) is 1.54. The molecule has 2 aliphatic rings. The van der Waals surface area contributed by atoms with Gasteiger partial charge in [0, 0.05) is 25.6 Å². The first-order valence-corrected chi connectivity index (χ1v) is 7.70. The molecule has 1 N–H and O–H groups in total. The molecule has 4 amide bonds. The topological polar surface area (TPSA) is 69.7 Å². The molecule has 0 saturated carbocycles. The van der Waals surface area contributed by atoms with E-state index in [9.17, 15) is 14.4 Å². The molecule has 0 aromatic carbocycles. The number of likely N-dealkylation sites (tertiary alicyclic amines) is 1. The largest absolute Gasteiger partial charge is 0.342 e. The van der Waals surface area contributed by atoms with Crippen molar-refractivity contribution in [3.63, 3.8) is 0 Å². The Kier molecular flexibility index (Phi) is 4.25. The van der Waals surface area contributed by atoms with Crippen molar-refractivity contribution in [2.24, 2.45) is 5.92 Å². The standard InChI is InChI=1S/C15H25N3O3/c1-10(2)9-12(19)17-7-5-15(6-8-17)13(20)18(11(3)4)14(21)16-15/h10-11H,5-9H2,1-4H3,(H,16,21). The van der Waals surface area contributed by atoms with Crippen molar-refractivity contribution in [3.8, 4) is 0 Å². The molecule has 118 valence electrons.